The Bertz CT molecular complexity index is 737. The van der Waals surface area contributed by atoms with Crippen molar-refractivity contribution in [2.45, 2.75) is 20.3 Å². The fourth-order valence-electron chi connectivity index (χ4n) is 1.82. The van der Waals surface area contributed by atoms with Crippen molar-refractivity contribution >= 4 is 29.1 Å². The molecule has 0 bridgehead atoms. The highest BCUT2D eigenvalue weighted by Gasteiger charge is 2.14. The number of nitrogens with one attached hydrogen (secondary N) is 1. The van der Waals surface area contributed by atoms with Crippen LogP contribution in [0.25, 0.3) is 0 Å². The maximum absolute atomic E-state index is 11.9. The van der Waals surface area contributed by atoms with Crippen LogP contribution in [0.2, 0.25) is 0 Å². The van der Waals surface area contributed by atoms with Gasteiger partial charge in [-0.3, -0.25) is 14.9 Å². The fraction of sp³-hybridized carbons (Fsp3) is 0.200. The molecule has 0 radical (unpaired) electrons. The number of thiophene rings is 1. The minimum Gasteiger partial charge on any atom is -0.267 e. The maximum Gasteiger partial charge on any atom is 0.273 e. The molecule has 6 nitrogen and oxygen atoms in total. The molecule has 0 aliphatic rings. The summed E-state index contributed by atoms with van der Waals surface area (Å²) in [6.45, 7) is 3.69. The van der Waals surface area contributed by atoms with Gasteiger partial charge >= 0.3 is 0 Å². The molecule has 1 aromatic heterocycles. The van der Waals surface area contributed by atoms with E-state index in [1.54, 1.807) is 30.5 Å². The van der Waals surface area contributed by atoms with Gasteiger partial charge in [-0.25, -0.2) is 5.43 Å². The number of benzene rings is 1. The van der Waals surface area contributed by atoms with E-state index >= 15 is 0 Å². The van der Waals surface area contributed by atoms with Gasteiger partial charge in [0.05, 0.1) is 11.1 Å². The number of carbonyl (C=O) groups excluding carboxylic acids is 1. The molecule has 0 aliphatic carbocycles. The SMILES string of the molecule is CCc1ccc(C=NNC(=O)c2ccc(C)c([N+](=O)[O-])c2)s1. The van der Waals surface area contributed by atoms with Crippen molar-refractivity contribution in [3.63, 3.8) is 0 Å². The topological polar surface area (TPSA) is 84.6 Å². The zero-order valence-corrected chi connectivity index (χ0v) is 13.0. The minimum absolute atomic E-state index is 0.0810. The van der Waals surface area contributed by atoms with Crippen LogP contribution in [-0.4, -0.2) is 17.0 Å². The van der Waals surface area contributed by atoms with Crippen LogP contribution in [0.3, 0.4) is 0 Å². The van der Waals surface area contributed by atoms with Gasteiger partial charge in [0.25, 0.3) is 11.6 Å². The monoisotopic (exact) mass is 317 g/mol. The van der Waals surface area contributed by atoms with E-state index in [1.165, 1.54) is 17.0 Å². The van der Waals surface area contributed by atoms with Crippen molar-refractivity contribution < 1.29 is 9.72 Å². The first-order valence-electron chi connectivity index (χ1n) is 6.68. The van der Waals surface area contributed by atoms with Gasteiger partial charge in [-0.1, -0.05) is 13.0 Å². The van der Waals surface area contributed by atoms with Gasteiger partial charge in [-0.05, 0) is 31.5 Å². The van der Waals surface area contributed by atoms with Gasteiger partial charge in [0.15, 0.2) is 0 Å². The van der Waals surface area contributed by atoms with Gasteiger partial charge < -0.3 is 0 Å². The normalized spacial score (nSPS) is 10.8. The number of hydrazone groups is 1. The Hall–Kier alpha value is -2.54. The van der Waals surface area contributed by atoms with Crippen LogP contribution in [0, 0.1) is 17.0 Å². The molecule has 0 spiro atoms. The largest absolute Gasteiger partial charge is 0.273 e. The van der Waals surface area contributed by atoms with E-state index in [9.17, 15) is 14.9 Å². The molecule has 0 fully saturated rings. The molecule has 0 saturated heterocycles. The lowest BCUT2D eigenvalue weighted by atomic mass is 10.1. The summed E-state index contributed by atoms with van der Waals surface area (Å²) in [6.07, 6.45) is 2.52. The average molecular weight is 317 g/mol. The predicted molar refractivity (Wildman–Crippen MR) is 86.6 cm³/mol. The first-order chi connectivity index (χ1) is 10.5. The van der Waals surface area contributed by atoms with Gasteiger partial charge in [0.1, 0.15) is 0 Å². The molecular weight excluding hydrogens is 302 g/mol. The third-order valence-electron chi connectivity index (χ3n) is 3.06. The number of aryl methyl sites for hydroxylation is 2. The summed E-state index contributed by atoms with van der Waals surface area (Å²) in [5, 5.41) is 14.8. The lowest BCUT2D eigenvalue weighted by Gasteiger charge is -2.01. The third kappa shape index (κ3) is 3.76. The molecule has 1 amide bonds. The van der Waals surface area contributed by atoms with E-state index in [0.717, 1.165) is 11.3 Å². The average Bonchev–Trinajstić information content (AvgIpc) is 2.95. The van der Waals surface area contributed by atoms with Crippen molar-refractivity contribution in [3.8, 4) is 0 Å². The van der Waals surface area contributed by atoms with Crippen LogP contribution in [0.1, 0.15) is 32.6 Å². The van der Waals surface area contributed by atoms with Crippen LogP contribution in [0.4, 0.5) is 5.69 Å². The van der Waals surface area contributed by atoms with E-state index < -0.39 is 10.8 Å². The number of rotatable bonds is 5. The molecule has 7 heteroatoms. The molecule has 1 heterocycles. The zero-order chi connectivity index (χ0) is 16.1. The molecule has 0 saturated carbocycles. The first-order valence-corrected chi connectivity index (χ1v) is 7.50. The molecule has 2 aromatic rings. The van der Waals surface area contributed by atoms with Crippen LogP contribution in [0.15, 0.2) is 35.4 Å². The summed E-state index contributed by atoms with van der Waals surface area (Å²) in [4.78, 5) is 24.5. The molecule has 1 aromatic carbocycles. The lowest BCUT2D eigenvalue weighted by molar-refractivity contribution is -0.385. The molecule has 2 rings (SSSR count). The highest BCUT2D eigenvalue weighted by atomic mass is 32.1. The number of nitro benzene ring substituents is 1. The minimum atomic E-state index is -0.507. The van der Waals surface area contributed by atoms with E-state index in [1.807, 2.05) is 12.1 Å². The number of nitrogens with zero attached hydrogens (tertiary/aromatic N) is 2. The summed E-state index contributed by atoms with van der Waals surface area (Å²) in [5.41, 5.74) is 3.01. The second-order valence-electron chi connectivity index (χ2n) is 4.62. The Morgan fingerprint density at radius 2 is 2.18 bits per heavy atom. The molecule has 22 heavy (non-hydrogen) atoms. The summed E-state index contributed by atoms with van der Waals surface area (Å²) >= 11 is 1.60. The van der Waals surface area contributed by atoms with Crippen molar-refractivity contribution in [1.82, 2.24) is 5.43 Å². The van der Waals surface area contributed by atoms with Gasteiger partial charge in [-0.2, -0.15) is 5.10 Å². The quantitative estimate of drug-likeness (QED) is 0.521. The van der Waals surface area contributed by atoms with Crippen LogP contribution < -0.4 is 5.43 Å². The van der Waals surface area contributed by atoms with Crippen molar-refractivity contribution in [2.75, 3.05) is 0 Å². The summed E-state index contributed by atoms with van der Waals surface area (Å²) in [7, 11) is 0. The molecular formula is C15H15N3O3S. The maximum atomic E-state index is 11.9. The summed E-state index contributed by atoms with van der Waals surface area (Å²) < 4.78 is 0. The molecule has 0 unspecified atom stereocenters. The highest BCUT2D eigenvalue weighted by molar-refractivity contribution is 7.13. The Balaban J connectivity index is 2.06. The standard InChI is InChI=1S/C15H15N3O3S/c1-3-12-6-7-13(22-12)9-16-17-15(19)11-5-4-10(2)14(8-11)18(20)21/h4-9H,3H2,1-2H3,(H,17,19). The van der Waals surface area contributed by atoms with Crippen molar-refractivity contribution in [1.29, 1.82) is 0 Å². The molecule has 1 N–H and O–H groups in total. The number of hydrogen-bond acceptors (Lipinski definition) is 5. The van der Waals surface area contributed by atoms with Gasteiger partial charge in [0, 0.05) is 26.9 Å². The number of amides is 1. The van der Waals surface area contributed by atoms with Crippen molar-refractivity contribution in [3.05, 3.63) is 61.3 Å². The Morgan fingerprint density at radius 3 is 2.82 bits per heavy atom. The smallest absolute Gasteiger partial charge is 0.267 e. The van der Waals surface area contributed by atoms with E-state index in [0.29, 0.717) is 5.56 Å². The second kappa shape index (κ2) is 6.95. The van der Waals surface area contributed by atoms with Gasteiger partial charge in [-0.15, -0.1) is 11.3 Å². The summed E-state index contributed by atoms with van der Waals surface area (Å²) in [5.74, 6) is -0.480. The Morgan fingerprint density at radius 1 is 1.41 bits per heavy atom. The second-order valence-corrected chi connectivity index (χ2v) is 5.82. The Kier molecular flexibility index (Phi) is 5.00. The Labute approximate surface area is 131 Å². The van der Waals surface area contributed by atoms with E-state index in [-0.39, 0.29) is 11.3 Å². The van der Waals surface area contributed by atoms with E-state index in [2.05, 4.69) is 17.5 Å². The van der Waals surface area contributed by atoms with Crippen molar-refractivity contribution in [2.24, 2.45) is 5.10 Å². The number of carbonyl (C=O) groups is 1. The molecule has 114 valence electrons. The van der Waals surface area contributed by atoms with Crippen LogP contribution in [-0.2, 0) is 6.42 Å². The highest BCUT2D eigenvalue weighted by Crippen LogP contribution is 2.19. The lowest BCUT2D eigenvalue weighted by Crippen LogP contribution is -2.17. The fourth-order valence-corrected chi connectivity index (χ4v) is 2.64. The first kappa shape index (κ1) is 15.8. The van der Waals surface area contributed by atoms with Gasteiger partial charge in [0.2, 0.25) is 0 Å². The van der Waals surface area contributed by atoms with E-state index in [4.69, 9.17) is 0 Å². The number of hydrogen-bond donors (Lipinski definition) is 1. The number of nitro groups is 1. The predicted octanol–water partition coefficient (Wildman–Crippen LogP) is 3.29. The van der Waals surface area contributed by atoms with Crippen LogP contribution in [0.5, 0.6) is 0 Å². The van der Waals surface area contributed by atoms with Crippen LogP contribution >= 0.6 is 11.3 Å². The third-order valence-corrected chi connectivity index (χ3v) is 4.22. The molecule has 0 atom stereocenters. The summed E-state index contributed by atoms with van der Waals surface area (Å²) in [6, 6.07) is 8.27. The zero-order valence-electron chi connectivity index (χ0n) is 12.2. The molecule has 0 aliphatic heterocycles.